The van der Waals surface area contributed by atoms with E-state index >= 15 is 0 Å². The summed E-state index contributed by atoms with van der Waals surface area (Å²) in [7, 11) is 0. The third kappa shape index (κ3) is 4.26. The molecule has 0 bridgehead atoms. The Morgan fingerprint density at radius 3 is 2.38 bits per heavy atom. The van der Waals surface area contributed by atoms with Crippen LogP contribution in [0.3, 0.4) is 0 Å². The van der Waals surface area contributed by atoms with Gasteiger partial charge in [0.1, 0.15) is 5.78 Å². The van der Waals surface area contributed by atoms with E-state index in [-0.39, 0.29) is 18.1 Å². The number of Topliss-reactive ketones (excluding diaryl/α,β-unsaturated/α-hetero) is 1. The van der Waals surface area contributed by atoms with Crippen LogP contribution in [-0.2, 0) is 4.79 Å². The van der Waals surface area contributed by atoms with Crippen molar-refractivity contribution in [2.45, 2.75) is 25.4 Å². The maximum absolute atomic E-state index is 11.7. The average Bonchev–Trinajstić information content (AvgIpc) is 1.91. The summed E-state index contributed by atoms with van der Waals surface area (Å²) in [6.07, 6.45) is -5.25. The Kier molecular flexibility index (Phi) is 3.30. The summed E-state index contributed by atoms with van der Waals surface area (Å²) < 4.78 is 35.1. The lowest BCUT2D eigenvalue weighted by Crippen LogP contribution is -2.43. The van der Waals surface area contributed by atoms with Gasteiger partial charge in [-0.05, 0) is 19.0 Å². The van der Waals surface area contributed by atoms with Gasteiger partial charge in [-0.2, -0.15) is 13.2 Å². The third-order valence-electron chi connectivity index (χ3n) is 2.07. The van der Waals surface area contributed by atoms with Gasteiger partial charge in [0.25, 0.3) is 0 Å². The molecule has 1 fully saturated rings. The molecule has 2 nitrogen and oxygen atoms in total. The molecule has 0 spiro atoms. The van der Waals surface area contributed by atoms with Gasteiger partial charge < -0.3 is 5.32 Å². The predicted octanol–water partition coefficient (Wildman–Crippen LogP) is 1.51. The van der Waals surface area contributed by atoms with E-state index in [9.17, 15) is 18.0 Å². The normalized spacial score (nSPS) is 18.4. The van der Waals surface area contributed by atoms with Crippen LogP contribution in [0, 0.1) is 5.92 Å². The Hall–Kier alpha value is -0.580. The molecule has 1 saturated heterocycles. The average molecular weight is 195 g/mol. The predicted molar refractivity (Wildman–Crippen MR) is 41.3 cm³/mol. The van der Waals surface area contributed by atoms with E-state index in [0.717, 1.165) is 13.1 Å². The Labute approximate surface area is 74.5 Å². The SMILES string of the molecule is O=C(CCC(F)(F)F)CC1CNC1. The largest absolute Gasteiger partial charge is 0.389 e. The van der Waals surface area contributed by atoms with Gasteiger partial charge in [0.15, 0.2) is 0 Å². The molecule has 0 unspecified atom stereocenters. The quantitative estimate of drug-likeness (QED) is 0.736. The van der Waals surface area contributed by atoms with Crippen molar-refractivity contribution in [1.29, 1.82) is 0 Å². The highest BCUT2D eigenvalue weighted by Gasteiger charge is 2.29. The number of hydrogen-bond donors (Lipinski definition) is 1. The standard InChI is InChI=1S/C8H12F3NO/c9-8(10,11)2-1-7(13)3-6-4-12-5-6/h6,12H,1-5H2. The Balaban J connectivity index is 2.10. The van der Waals surface area contributed by atoms with Gasteiger partial charge in [-0.15, -0.1) is 0 Å². The van der Waals surface area contributed by atoms with E-state index in [0.29, 0.717) is 6.42 Å². The first-order valence-electron chi connectivity index (χ1n) is 4.26. The molecule has 0 amide bonds. The van der Waals surface area contributed by atoms with Crippen molar-refractivity contribution in [1.82, 2.24) is 5.32 Å². The summed E-state index contributed by atoms with van der Waals surface area (Å²) >= 11 is 0. The highest BCUT2D eigenvalue weighted by atomic mass is 19.4. The van der Waals surface area contributed by atoms with Crippen molar-refractivity contribution in [3.8, 4) is 0 Å². The maximum atomic E-state index is 11.7. The molecular weight excluding hydrogens is 183 g/mol. The molecule has 1 N–H and O–H groups in total. The molecule has 1 heterocycles. The molecule has 13 heavy (non-hydrogen) atoms. The Morgan fingerprint density at radius 1 is 1.38 bits per heavy atom. The number of hydrogen-bond acceptors (Lipinski definition) is 2. The van der Waals surface area contributed by atoms with E-state index < -0.39 is 12.6 Å². The smallest absolute Gasteiger partial charge is 0.316 e. The summed E-state index contributed by atoms with van der Waals surface area (Å²) in [6, 6.07) is 0. The molecule has 0 radical (unpaired) electrons. The fraction of sp³-hybridized carbons (Fsp3) is 0.875. The molecule has 1 aliphatic heterocycles. The Morgan fingerprint density at radius 2 is 2.00 bits per heavy atom. The molecule has 0 atom stereocenters. The number of rotatable bonds is 4. The van der Waals surface area contributed by atoms with Crippen molar-refractivity contribution in [2.75, 3.05) is 13.1 Å². The van der Waals surface area contributed by atoms with Gasteiger partial charge in [-0.25, -0.2) is 0 Å². The zero-order valence-corrected chi connectivity index (χ0v) is 7.16. The molecule has 0 aromatic heterocycles. The monoisotopic (exact) mass is 195 g/mol. The lowest BCUT2D eigenvalue weighted by Gasteiger charge is -2.26. The lowest BCUT2D eigenvalue weighted by molar-refractivity contribution is -0.143. The number of nitrogens with one attached hydrogen (secondary N) is 1. The van der Waals surface area contributed by atoms with E-state index in [1.54, 1.807) is 0 Å². The molecule has 0 saturated carbocycles. The summed E-state index contributed by atoms with van der Waals surface area (Å²) in [4.78, 5) is 11.0. The van der Waals surface area contributed by atoms with Crippen molar-refractivity contribution < 1.29 is 18.0 Å². The number of ketones is 1. The van der Waals surface area contributed by atoms with Gasteiger partial charge >= 0.3 is 6.18 Å². The zero-order chi connectivity index (χ0) is 9.90. The van der Waals surface area contributed by atoms with Crippen LogP contribution in [-0.4, -0.2) is 25.0 Å². The van der Waals surface area contributed by atoms with Crippen LogP contribution in [0.2, 0.25) is 0 Å². The first-order valence-corrected chi connectivity index (χ1v) is 4.26. The van der Waals surface area contributed by atoms with E-state index in [1.165, 1.54) is 0 Å². The molecule has 0 aromatic rings. The van der Waals surface area contributed by atoms with Crippen LogP contribution in [0.15, 0.2) is 0 Å². The fourth-order valence-electron chi connectivity index (χ4n) is 1.20. The lowest BCUT2D eigenvalue weighted by atomic mass is 9.95. The second kappa shape index (κ2) is 4.09. The number of carbonyl (C=O) groups is 1. The van der Waals surface area contributed by atoms with Crippen LogP contribution in [0.4, 0.5) is 13.2 Å². The minimum atomic E-state index is -4.20. The summed E-state index contributed by atoms with van der Waals surface area (Å²) in [6.45, 7) is 1.52. The fourth-order valence-corrected chi connectivity index (χ4v) is 1.20. The molecular formula is C8H12F3NO. The molecule has 76 valence electrons. The third-order valence-corrected chi connectivity index (χ3v) is 2.07. The highest BCUT2D eigenvalue weighted by molar-refractivity contribution is 5.78. The molecule has 5 heteroatoms. The molecule has 0 aromatic carbocycles. The second-order valence-corrected chi connectivity index (χ2v) is 3.38. The van der Waals surface area contributed by atoms with E-state index in [1.807, 2.05) is 0 Å². The topological polar surface area (TPSA) is 29.1 Å². The Bertz CT molecular complexity index is 186. The van der Waals surface area contributed by atoms with Gasteiger partial charge in [-0.3, -0.25) is 4.79 Å². The van der Waals surface area contributed by atoms with E-state index in [4.69, 9.17) is 0 Å². The first kappa shape index (κ1) is 10.5. The summed E-state index contributed by atoms with van der Waals surface area (Å²) in [5.41, 5.74) is 0. The van der Waals surface area contributed by atoms with Gasteiger partial charge in [-0.1, -0.05) is 0 Å². The van der Waals surface area contributed by atoms with Crippen molar-refractivity contribution in [2.24, 2.45) is 5.92 Å². The number of halogens is 3. The van der Waals surface area contributed by atoms with E-state index in [2.05, 4.69) is 5.32 Å². The van der Waals surface area contributed by atoms with Gasteiger partial charge in [0, 0.05) is 12.8 Å². The zero-order valence-electron chi connectivity index (χ0n) is 7.16. The van der Waals surface area contributed by atoms with Crippen molar-refractivity contribution >= 4 is 5.78 Å². The maximum Gasteiger partial charge on any atom is 0.389 e. The van der Waals surface area contributed by atoms with Crippen LogP contribution in [0.5, 0.6) is 0 Å². The highest BCUT2D eigenvalue weighted by Crippen LogP contribution is 2.22. The molecule has 1 aliphatic rings. The second-order valence-electron chi connectivity index (χ2n) is 3.38. The minimum Gasteiger partial charge on any atom is -0.316 e. The van der Waals surface area contributed by atoms with Crippen molar-refractivity contribution in [3.63, 3.8) is 0 Å². The van der Waals surface area contributed by atoms with Gasteiger partial charge in [0.05, 0.1) is 6.42 Å². The molecule has 1 rings (SSSR count). The van der Waals surface area contributed by atoms with Gasteiger partial charge in [0.2, 0.25) is 0 Å². The van der Waals surface area contributed by atoms with Crippen LogP contribution in [0.25, 0.3) is 0 Å². The molecule has 0 aliphatic carbocycles. The van der Waals surface area contributed by atoms with Crippen LogP contribution < -0.4 is 5.32 Å². The first-order chi connectivity index (χ1) is 5.97. The van der Waals surface area contributed by atoms with Crippen molar-refractivity contribution in [3.05, 3.63) is 0 Å². The number of alkyl halides is 3. The van der Waals surface area contributed by atoms with Crippen LogP contribution >= 0.6 is 0 Å². The summed E-state index contributed by atoms with van der Waals surface area (Å²) in [5.74, 6) is -0.00967. The summed E-state index contributed by atoms with van der Waals surface area (Å²) in [5, 5.41) is 2.96. The van der Waals surface area contributed by atoms with Crippen LogP contribution in [0.1, 0.15) is 19.3 Å². The minimum absolute atomic E-state index is 0.265. The number of carbonyl (C=O) groups excluding carboxylic acids is 1.